The van der Waals surface area contributed by atoms with E-state index in [0.717, 1.165) is 11.0 Å². The number of para-hydroxylation sites is 2. The molecule has 8 heteroatoms. The van der Waals surface area contributed by atoms with Gasteiger partial charge in [-0.15, -0.1) is 13.2 Å². The Kier molecular flexibility index (Phi) is 4.51. The van der Waals surface area contributed by atoms with Crippen LogP contribution in [0.2, 0.25) is 0 Å². The lowest BCUT2D eigenvalue weighted by Crippen LogP contribution is -2.17. The molecule has 3 aromatic rings. The van der Waals surface area contributed by atoms with Crippen molar-refractivity contribution in [3.8, 4) is 5.75 Å². The third kappa shape index (κ3) is 4.43. The van der Waals surface area contributed by atoms with Gasteiger partial charge < -0.3 is 4.74 Å². The van der Waals surface area contributed by atoms with Gasteiger partial charge in [-0.3, -0.25) is 4.98 Å². The number of aromatic nitrogens is 2. The second-order valence-electron chi connectivity index (χ2n) is 5.10. The SMILES string of the molecule is CN(N=Cc1ccc(OC(F)(F)F)cc1)c1cnc2ccccc2n1. The van der Waals surface area contributed by atoms with Crippen LogP contribution in [-0.2, 0) is 0 Å². The molecule has 0 spiro atoms. The van der Waals surface area contributed by atoms with E-state index in [9.17, 15) is 13.2 Å². The summed E-state index contributed by atoms with van der Waals surface area (Å²) in [4.78, 5) is 8.75. The van der Waals surface area contributed by atoms with Crippen LogP contribution in [0.5, 0.6) is 5.75 Å². The summed E-state index contributed by atoms with van der Waals surface area (Å²) in [5, 5.41) is 5.75. The van der Waals surface area contributed by atoms with Crippen LogP contribution in [0.15, 0.2) is 59.8 Å². The van der Waals surface area contributed by atoms with Gasteiger partial charge in [-0.05, 0) is 42.0 Å². The smallest absolute Gasteiger partial charge is 0.406 e. The molecular formula is C17H13F3N4O. The number of benzene rings is 2. The highest BCUT2D eigenvalue weighted by Gasteiger charge is 2.30. The van der Waals surface area contributed by atoms with Gasteiger partial charge in [0, 0.05) is 7.05 Å². The Morgan fingerprint density at radius 1 is 1.04 bits per heavy atom. The molecule has 25 heavy (non-hydrogen) atoms. The van der Waals surface area contributed by atoms with Gasteiger partial charge in [-0.1, -0.05) is 12.1 Å². The van der Waals surface area contributed by atoms with Gasteiger partial charge in [0.15, 0.2) is 5.82 Å². The first kappa shape index (κ1) is 16.7. The van der Waals surface area contributed by atoms with Crippen molar-refractivity contribution < 1.29 is 17.9 Å². The summed E-state index contributed by atoms with van der Waals surface area (Å²) in [6, 6.07) is 12.9. The average molecular weight is 346 g/mol. The molecule has 0 bridgehead atoms. The molecule has 0 radical (unpaired) electrons. The van der Waals surface area contributed by atoms with Gasteiger partial charge >= 0.3 is 6.36 Å². The minimum atomic E-state index is -4.70. The van der Waals surface area contributed by atoms with Gasteiger partial charge in [0.05, 0.1) is 23.4 Å². The fourth-order valence-electron chi connectivity index (χ4n) is 2.07. The summed E-state index contributed by atoms with van der Waals surface area (Å²) in [5.41, 5.74) is 2.15. The first-order chi connectivity index (χ1) is 11.9. The normalized spacial score (nSPS) is 11.8. The van der Waals surface area contributed by atoms with Crippen molar-refractivity contribution >= 4 is 23.1 Å². The topological polar surface area (TPSA) is 50.6 Å². The number of fused-ring (bicyclic) bond motifs is 1. The molecule has 5 nitrogen and oxygen atoms in total. The second kappa shape index (κ2) is 6.76. The zero-order chi connectivity index (χ0) is 17.9. The van der Waals surface area contributed by atoms with Crippen molar-refractivity contribution in [1.82, 2.24) is 9.97 Å². The van der Waals surface area contributed by atoms with Crippen molar-refractivity contribution in [3.63, 3.8) is 0 Å². The molecule has 0 amide bonds. The summed E-state index contributed by atoms with van der Waals surface area (Å²) in [6.45, 7) is 0. The van der Waals surface area contributed by atoms with E-state index in [1.165, 1.54) is 35.5 Å². The molecule has 0 aliphatic heterocycles. The Labute approximate surface area is 141 Å². The number of rotatable bonds is 4. The number of hydrazone groups is 1. The van der Waals surface area contributed by atoms with Crippen molar-refractivity contribution in [3.05, 3.63) is 60.3 Å². The number of hydrogen-bond acceptors (Lipinski definition) is 5. The number of ether oxygens (including phenoxy) is 1. The highest BCUT2D eigenvalue weighted by Crippen LogP contribution is 2.22. The Morgan fingerprint density at radius 3 is 2.40 bits per heavy atom. The van der Waals surface area contributed by atoms with E-state index in [4.69, 9.17) is 0 Å². The zero-order valence-corrected chi connectivity index (χ0v) is 13.1. The van der Waals surface area contributed by atoms with Gasteiger partial charge in [-0.25, -0.2) is 9.99 Å². The van der Waals surface area contributed by atoms with E-state index in [1.807, 2.05) is 24.3 Å². The van der Waals surface area contributed by atoms with Gasteiger partial charge in [0.2, 0.25) is 0 Å². The molecule has 0 saturated carbocycles. The average Bonchev–Trinajstić information content (AvgIpc) is 2.59. The molecule has 0 aliphatic carbocycles. The van der Waals surface area contributed by atoms with E-state index in [2.05, 4.69) is 19.8 Å². The predicted octanol–water partition coefficient (Wildman–Crippen LogP) is 4.00. The highest BCUT2D eigenvalue weighted by atomic mass is 19.4. The highest BCUT2D eigenvalue weighted by molar-refractivity contribution is 5.81. The number of nitrogens with zero attached hydrogens (tertiary/aromatic N) is 4. The van der Waals surface area contributed by atoms with Gasteiger partial charge in [-0.2, -0.15) is 5.10 Å². The molecule has 128 valence electrons. The summed E-state index contributed by atoms with van der Waals surface area (Å²) in [7, 11) is 1.70. The van der Waals surface area contributed by atoms with E-state index >= 15 is 0 Å². The second-order valence-corrected chi connectivity index (χ2v) is 5.10. The number of anilines is 1. The molecule has 3 rings (SSSR count). The standard InChI is InChI=1S/C17H13F3N4O/c1-24(16-11-21-14-4-2-3-5-15(14)23-16)22-10-12-6-8-13(9-7-12)25-17(18,19)20/h2-11H,1H3. The maximum absolute atomic E-state index is 12.1. The largest absolute Gasteiger partial charge is 0.573 e. The molecular weight excluding hydrogens is 333 g/mol. The fraction of sp³-hybridized carbons (Fsp3) is 0.118. The van der Waals surface area contributed by atoms with E-state index in [1.54, 1.807) is 13.2 Å². The molecule has 0 saturated heterocycles. The summed E-state index contributed by atoms with van der Waals surface area (Å²) in [6.07, 6.45) is -1.60. The van der Waals surface area contributed by atoms with Crippen LogP contribution in [0.4, 0.5) is 19.0 Å². The maximum Gasteiger partial charge on any atom is 0.573 e. The monoisotopic (exact) mass is 346 g/mol. The number of alkyl halides is 3. The van der Waals surface area contributed by atoms with Crippen molar-refractivity contribution in [2.75, 3.05) is 12.1 Å². The van der Waals surface area contributed by atoms with Crippen LogP contribution in [-0.4, -0.2) is 29.6 Å². The Bertz CT molecular complexity index is 894. The molecule has 1 heterocycles. The molecule has 0 fully saturated rings. The third-order valence-electron chi connectivity index (χ3n) is 3.26. The Hall–Kier alpha value is -3.16. The minimum Gasteiger partial charge on any atom is -0.406 e. The lowest BCUT2D eigenvalue weighted by atomic mass is 10.2. The molecule has 1 aromatic heterocycles. The molecule has 0 aliphatic rings. The quantitative estimate of drug-likeness (QED) is 0.529. The van der Waals surface area contributed by atoms with E-state index in [0.29, 0.717) is 11.4 Å². The molecule has 2 aromatic carbocycles. The van der Waals surface area contributed by atoms with Crippen molar-refractivity contribution in [2.45, 2.75) is 6.36 Å². The number of hydrogen-bond donors (Lipinski definition) is 0. The van der Waals surface area contributed by atoms with E-state index in [-0.39, 0.29) is 5.75 Å². The fourth-order valence-corrected chi connectivity index (χ4v) is 2.07. The molecule has 0 unspecified atom stereocenters. The Morgan fingerprint density at radius 2 is 1.72 bits per heavy atom. The first-order valence-corrected chi connectivity index (χ1v) is 7.26. The van der Waals surface area contributed by atoms with Crippen LogP contribution in [0.1, 0.15) is 5.56 Å². The maximum atomic E-state index is 12.1. The van der Waals surface area contributed by atoms with Crippen LogP contribution in [0, 0.1) is 0 Å². The summed E-state index contributed by atoms with van der Waals surface area (Å²) >= 11 is 0. The van der Waals surface area contributed by atoms with Crippen LogP contribution >= 0.6 is 0 Å². The van der Waals surface area contributed by atoms with Gasteiger partial charge in [0.1, 0.15) is 5.75 Å². The minimum absolute atomic E-state index is 0.279. The number of halogens is 3. The lowest BCUT2D eigenvalue weighted by Gasteiger charge is -2.12. The van der Waals surface area contributed by atoms with Crippen LogP contribution in [0.25, 0.3) is 11.0 Å². The van der Waals surface area contributed by atoms with E-state index < -0.39 is 6.36 Å². The first-order valence-electron chi connectivity index (χ1n) is 7.26. The van der Waals surface area contributed by atoms with Gasteiger partial charge in [0.25, 0.3) is 0 Å². The summed E-state index contributed by atoms with van der Waals surface area (Å²) in [5.74, 6) is 0.269. The Balaban J connectivity index is 1.71. The zero-order valence-electron chi connectivity index (χ0n) is 13.1. The predicted molar refractivity (Wildman–Crippen MR) is 88.7 cm³/mol. The lowest BCUT2D eigenvalue weighted by molar-refractivity contribution is -0.274. The van der Waals surface area contributed by atoms with Crippen molar-refractivity contribution in [1.29, 1.82) is 0 Å². The van der Waals surface area contributed by atoms with Crippen LogP contribution < -0.4 is 9.75 Å². The van der Waals surface area contributed by atoms with Crippen LogP contribution in [0.3, 0.4) is 0 Å². The summed E-state index contributed by atoms with van der Waals surface area (Å²) < 4.78 is 40.2. The van der Waals surface area contributed by atoms with Crippen molar-refractivity contribution in [2.24, 2.45) is 5.10 Å². The molecule has 0 atom stereocenters. The third-order valence-corrected chi connectivity index (χ3v) is 3.26. The molecule has 0 N–H and O–H groups in total.